The number of rotatable bonds is 3. The van der Waals surface area contributed by atoms with Crippen molar-refractivity contribution in [1.29, 1.82) is 0 Å². The third kappa shape index (κ3) is 4.14. The Morgan fingerprint density at radius 1 is 1.50 bits per heavy atom. The summed E-state index contributed by atoms with van der Waals surface area (Å²) in [6.45, 7) is 0.0532. The fourth-order valence-electron chi connectivity index (χ4n) is 2.09. The van der Waals surface area contributed by atoms with E-state index >= 15 is 0 Å². The molecule has 0 aromatic carbocycles. The van der Waals surface area contributed by atoms with Crippen LogP contribution in [0.1, 0.15) is 12.8 Å². The predicted octanol–water partition coefficient (Wildman–Crippen LogP) is 2.60. The summed E-state index contributed by atoms with van der Waals surface area (Å²) in [5.74, 6) is 0.526. The Balaban J connectivity index is 2.05. The molecule has 2 N–H and O–H groups in total. The van der Waals surface area contributed by atoms with Gasteiger partial charge in [-0.2, -0.15) is 13.2 Å². The molecule has 2 rings (SSSR count). The van der Waals surface area contributed by atoms with E-state index in [9.17, 15) is 13.2 Å². The Labute approximate surface area is 119 Å². The second-order valence-corrected chi connectivity index (χ2v) is 5.14. The highest BCUT2D eigenvalue weighted by atomic mass is 35.5. The normalized spacial score (nSPS) is 20.1. The fourth-order valence-corrected chi connectivity index (χ4v) is 2.37. The summed E-state index contributed by atoms with van der Waals surface area (Å²) < 4.78 is 40.8. The van der Waals surface area contributed by atoms with Crippen LogP contribution in [0.3, 0.4) is 0 Å². The number of hydrogen-bond acceptors (Lipinski definition) is 4. The van der Waals surface area contributed by atoms with Crippen LogP contribution in [0.25, 0.3) is 0 Å². The molecular formula is C12H15ClF3N3O. The Morgan fingerprint density at radius 2 is 2.25 bits per heavy atom. The van der Waals surface area contributed by atoms with Crippen LogP contribution in [0.5, 0.6) is 5.75 Å². The number of anilines is 1. The van der Waals surface area contributed by atoms with E-state index in [0.29, 0.717) is 12.4 Å². The van der Waals surface area contributed by atoms with Crippen molar-refractivity contribution >= 4 is 17.4 Å². The molecule has 0 radical (unpaired) electrons. The molecule has 1 aliphatic heterocycles. The molecule has 0 aliphatic carbocycles. The molecule has 1 aromatic heterocycles. The molecule has 112 valence electrons. The maximum atomic E-state index is 12.1. The molecule has 0 amide bonds. The number of pyridine rings is 1. The second kappa shape index (κ2) is 6.05. The molecule has 4 nitrogen and oxygen atoms in total. The average Bonchev–Trinajstić information content (AvgIpc) is 2.35. The Kier molecular flexibility index (Phi) is 4.59. The van der Waals surface area contributed by atoms with Gasteiger partial charge in [0.2, 0.25) is 0 Å². The van der Waals surface area contributed by atoms with Crippen LogP contribution >= 0.6 is 11.6 Å². The number of ether oxygens (including phenoxy) is 1. The standard InChI is InChI=1S/C12H15ClF3N3O/c13-10-4-9(20-7-12(14,15)16)5-18-11(10)19-3-1-2-8(17)6-19/h4-5,8H,1-3,6-7,17H2/t8-/m1/s1. The first-order chi connectivity index (χ1) is 9.35. The van der Waals surface area contributed by atoms with Crippen molar-refractivity contribution in [1.82, 2.24) is 4.98 Å². The smallest absolute Gasteiger partial charge is 0.422 e. The molecule has 0 saturated carbocycles. The van der Waals surface area contributed by atoms with Crippen LogP contribution in [0.4, 0.5) is 19.0 Å². The number of aromatic nitrogens is 1. The Bertz CT molecular complexity index is 470. The summed E-state index contributed by atoms with van der Waals surface area (Å²) in [5.41, 5.74) is 5.88. The minimum Gasteiger partial charge on any atom is -0.482 e. The number of alkyl halides is 3. The predicted molar refractivity (Wildman–Crippen MR) is 70.2 cm³/mol. The summed E-state index contributed by atoms with van der Waals surface area (Å²) in [7, 11) is 0. The van der Waals surface area contributed by atoms with Crippen molar-refractivity contribution in [3.63, 3.8) is 0 Å². The van der Waals surface area contributed by atoms with E-state index in [-0.39, 0.29) is 16.8 Å². The number of piperidine rings is 1. The van der Waals surface area contributed by atoms with Crippen LogP contribution < -0.4 is 15.4 Å². The van der Waals surface area contributed by atoms with Gasteiger partial charge in [0.25, 0.3) is 0 Å². The lowest BCUT2D eigenvalue weighted by atomic mass is 10.1. The van der Waals surface area contributed by atoms with E-state index < -0.39 is 12.8 Å². The van der Waals surface area contributed by atoms with Gasteiger partial charge in [0.15, 0.2) is 6.61 Å². The molecule has 1 aliphatic rings. The molecular weight excluding hydrogens is 295 g/mol. The number of nitrogens with two attached hydrogens (primary N) is 1. The molecule has 1 fully saturated rings. The lowest BCUT2D eigenvalue weighted by Gasteiger charge is -2.32. The highest BCUT2D eigenvalue weighted by Gasteiger charge is 2.28. The Hall–Kier alpha value is -1.21. The largest absolute Gasteiger partial charge is 0.482 e. The molecule has 20 heavy (non-hydrogen) atoms. The topological polar surface area (TPSA) is 51.4 Å². The summed E-state index contributed by atoms with van der Waals surface area (Å²) in [5, 5.41) is 0.263. The SMILES string of the molecule is N[C@@H]1CCCN(c2ncc(OCC(F)(F)F)cc2Cl)C1. The van der Waals surface area contributed by atoms with Crippen LogP contribution in [0.2, 0.25) is 5.02 Å². The first kappa shape index (κ1) is 15.2. The number of hydrogen-bond donors (Lipinski definition) is 1. The molecule has 2 heterocycles. The van der Waals surface area contributed by atoms with Crippen molar-refractivity contribution in [2.24, 2.45) is 5.73 Å². The van der Waals surface area contributed by atoms with E-state index in [2.05, 4.69) is 9.72 Å². The third-order valence-corrected chi connectivity index (χ3v) is 3.23. The van der Waals surface area contributed by atoms with Crippen molar-refractivity contribution in [2.45, 2.75) is 25.1 Å². The molecule has 0 unspecified atom stereocenters. The quantitative estimate of drug-likeness (QED) is 0.932. The maximum Gasteiger partial charge on any atom is 0.422 e. The van der Waals surface area contributed by atoms with Gasteiger partial charge in [-0.3, -0.25) is 0 Å². The minimum atomic E-state index is -4.38. The van der Waals surface area contributed by atoms with Crippen LogP contribution in [0, 0.1) is 0 Å². The van der Waals surface area contributed by atoms with Crippen molar-refractivity contribution in [3.05, 3.63) is 17.3 Å². The molecule has 0 bridgehead atoms. The average molecular weight is 310 g/mol. The molecule has 1 saturated heterocycles. The summed E-state index contributed by atoms with van der Waals surface area (Å²) in [6, 6.07) is 1.40. The van der Waals surface area contributed by atoms with Gasteiger partial charge >= 0.3 is 6.18 Å². The van der Waals surface area contributed by atoms with Gasteiger partial charge in [0.05, 0.1) is 11.2 Å². The van der Waals surface area contributed by atoms with Crippen LogP contribution in [-0.4, -0.2) is 36.9 Å². The molecule has 0 spiro atoms. The van der Waals surface area contributed by atoms with E-state index in [1.165, 1.54) is 12.3 Å². The summed E-state index contributed by atoms with van der Waals surface area (Å²) >= 11 is 6.05. The van der Waals surface area contributed by atoms with E-state index in [1.807, 2.05) is 4.90 Å². The highest BCUT2D eigenvalue weighted by Crippen LogP contribution is 2.29. The van der Waals surface area contributed by atoms with Crippen molar-refractivity contribution < 1.29 is 17.9 Å². The zero-order valence-corrected chi connectivity index (χ0v) is 11.4. The van der Waals surface area contributed by atoms with Gasteiger partial charge in [-0.05, 0) is 12.8 Å². The number of halogens is 4. The first-order valence-electron chi connectivity index (χ1n) is 6.21. The molecule has 8 heteroatoms. The summed E-state index contributed by atoms with van der Waals surface area (Å²) in [6.07, 6.45) is -1.26. The van der Waals surface area contributed by atoms with Gasteiger partial charge in [-0.25, -0.2) is 4.98 Å². The Morgan fingerprint density at radius 3 is 2.85 bits per heavy atom. The van der Waals surface area contributed by atoms with Crippen LogP contribution in [-0.2, 0) is 0 Å². The van der Waals surface area contributed by atoms with Crippen molar-refractivity contribution in [3.8, 4) is 5.75 Å². The fraction of sp³-hybridized carbons (Fsp3) is 0.583. The zero-order valence-electron chi connectivity index (χ0n) is 10.7. The minimum absolute atomic E-state index is 0.00242. The maximum absolute atomic E-state index is 12.1. The van der Waals surface area contributed by atoms with E-state index in [0.717, 1.165) is 19.4 Å². The van der Waals surface area contributed by atoms with Gasteiger partial charge in [-0.1, -0.05) is 11.6 Å². The third-order valence-electron chi connectivity index (χ3n) is 2.96. The monoisotopic (exact) mass is 309 g/mol. The molecule has 1 aromatic rings. The number of nitrogens with zero attached hydrogens (tertiary/aromatic N) is 2. The molecule has 1 atom stereocenters. The van der Waals surface area contributed by atoms with Gasteiger partial charge in [0.1, 0.15) is 11.6 Å². The van der Waals surface area contributed by atoms with E-state index in [1.54, 1.807) is 0 Å². The van der Waals surface area contributed by atoms with Gasteiger partial charge < -0.3 is 15.4 Å². The van der Waals surface area contributed by atoms with Crippen LogP contribution in [0.15, 0.2) is 12.3 Å². The van der Waals surface area contributed by atoms with Gasteiger partial charge in [-0.15, -0.1) is 0 Å². The highest BCUT2D eigenvalue weighted by molar-refractivity contribution is 6.33. The van der Waals surface area contributed by atoms with Gasteiger partial charge in [0, 0.05) is 25.2 Å². The second-order valence-electron chi connectivity index (χ2n) is 4.73. The summed E-state index contributed by atoms with van der Waals surface area (Å²) in [4.78, 5) is 6.02. The lowest BCUT2D eigenvalue weighted by molar-refractivity contribution is -0.153. The van der Waals surface area contributed by atoms with E-state index in [4.69, 9.17) is 17.3 Å². The van der Waals surface area contributed by atoms with Crippen molar-refractivity contribution in [2.75, 3.05) is 24.6 Å². The zero-order chi connectivity index (χ0) is 14.8. The lowest BCUT2D eigenvalue weighted by Crippen LogP contribution is -2.43. The first-order valence-corrected chi connectivity index (χ1v) is 6.58.